The number of hydrogen-bond acceptors (Lipinski definition) is 7. The number of nitrogens with zero attached hydrogens (tertiary/aromatic N) is 1. The van der Waals surface area contributed by atoms with Crippen LogP contribution in [0.2, 0.25) is 0 Å². The number of hydrogen-bond donors (Lipinski definition) is 4. The highest BCUT2D eigenvalue weighted by Crippen LogP contribution is 2.01. The molecule has 138 valence electrons. The van der Waals surface area contributed by atoms with Gasteiger partial charge in [-0.25, -0.2) is 4.99 Å². The SMILES string of the molecule is C=C(NCCS(=O)(=O)O)C(C)=N/C(=C\C)C(=O)NCCS(=O)(=O)O. The maximum atomic E-state index is 11.8. The molecular weight excluding hydrogens is 362 g/mol. The number of carbonyl (C=O) groups is 1. The van der Waals surface area contributed by atoms with Crippen LogP contribution in [0, 0.1) is 0 Å². The van der Waals surface area contributed by atoms with Crippen LogP contribution in [-0.4, -0.2) is 62.2 Å². The van der Waals surface area contributed by atoms with Crippen LogP contribution < -0.4 is 10.6 Å². The Labute approximate surface area is 141 Å². The van der Waals surface area contributed by atoms with Crippen LogP contribution in [0.3, 0.4) is 0 Å². The second-order valence-corrected chi connectivity index (χ2v) is 7.75. The number of nitrogens with one attached hydrogen (secondary N) is 2. The Balaban J connectivity index is 4.68. The molecule has 0 spiro atoms. The van der Waals surface area contributed by atoms with Crippen molar-refractivity contribution >= 4 is 31.9 Å². The number of carbonyl (C=O) groups excluding carboxylic acids is 1. The molecule has 0 saturated heterocycles. The van der Waals surface area contributed by atoms with Gasteiger partial charge in [0.15, 0.2) is 0 Å². The van der Waals surface area contributed by atoms with Gasteiger partial charge in [-0.3, -0.25) is 13.9 Å². The molecule has 1 amide bonds. The molecule has 0 aromatic carbocycles. The van der Waals surface area contributed by atoms with Gasteiger partial charge in [0.25, 0.3) is 26.1 Å². The summed E-state index contributed by atoms with van der Waals surface area (Å²) < 4.78 is 59.5. The highest BCUT2D eigenvalue weighted by Gasteiger charge is 2.11. The second-order valence-electron chi connectivity index (χ2n) is 4.60. The molecular formula is C12H21N3O7S2. The quantitative estimate of drug-likeness (QED) is 0.220. The van der Waals surface area contributed by atoms with E-state index in [-0.39, 0.29) is 24.5 Å². The van der Waals surface area contributed by atoms with Gasteiger partial charge in [-0.1, -0.05) is 12.7 Å². The third kappa shape index (κ3) is 10.9. The summed E-state index contributed by atoms with van der Waals surface area (Å²) >= 11 is 0. The zero-order chi connectivity index (χ0) is 19.0. The van der Waals surface area contributed by atoms with Crippen LogP contribution >= 0.6 is 0 Å². The fraction of sp³-hybridized carbons (Fsp3) is 0.500. The molecule has 0 aromatic rings. The van der Waals surface area contributed by atoms with Crippen LogP contribution in [0.25, 0.3) is 0 Å². The molecule has 24 heavy (non-hydrogen) atoms. The predicted molar refractivity (Wildman–Crippen MR) is 89.8 cm³/mol. The molecule has 0 aromatic heterocycles. The van der Waals surface area contributed by atoms with Gasteiger partial charge in [0.2, 0.25) is 0 Å². The van der Waals surface area contributed by atoms with E-state index in [1.807, 2.05) is 0 Å². The Morgan fingerprint density at radius 3 is 1.96 bits per heavy atom. The normalized spacial score (nSPS) is 13.5. The summed E-state index contributed by atoms with van der Waals surface area (Å²) in [5, 5.41) is 4.92. The zero-order valence-corrected chi connectivity index (χ0v) is 14.9. The summed E-state index contributed by atoms with van der Waals surface area (Å²) in [4.78, 5) is 15.8. The fourth-order valence-corrected chi connectivity index (χ4v) is 2.06. The van der Waals surface area contributed by atoms with E-state index in [9.17, 15) is 21.6 Å². The lowest BCUT2D eigenvalue weighted by molar-refractivity contribution is -0.117. The highest BCUT2D eigenvalue weighted by molar-refractivity contribution is 7.86. The standard InChI is InChI=1S/C12H21N3O7S2/c1-4-11(12(16)14-6-8-24(20,21)22)15-10(3)9(2)13-5-7-23(17,18)19/h4,13H,2,5-8H2,1,3H3,(H,14,16)(H,17,18,19)(H,20,21,22)/b11-4-,15-10?. The molecule has 4 N–H and O–H groups in total. The summed E-state index contributed by atoms with van der Waals surface area (Å²) in [6.07, 6.45) is 1.39. The van der Waals surface area contributed by atoms with E-state index < -0.39 is 37.6 Å². The van der Waals surface area contributed by atoms with Gasteiger partial charge >= 0.3 is 0 Å². The van der Waals surface area contributed by atoms with Crippen molar-refractivity contribution in [2.75, 3.05) is 24.6 Å². The molecule has 0 rings (SSSR count). The maximum Gasteiger partial charge on any atom is 0.269 e. The molecule has 0 radical (unpaired) electrons. The van der Waals surface area contributed by atoms with E-state index in [1.54, 1.807) is 6.92 Å². The Morgan fingerprint density at radius 1 is 1.08 bits per heavy atom. The molecule has 0 atom stereocenters. The van der Waals surface area contributed by atoms with Gasteiger partial charge in [0.05, 0.1) is 17.2 Å². The lowest BCUT2D eigenvalue weighted by atomic mass is 10.3. The number of allylic oxidation sites excluding steroid dienone is 2. The first-order chi connectivity index (χ1) is 10.9. The minimum absolute atomic E-state index is 0.0134. The van der Waals surface area contributed by atoms with E-state index in [0.29, 0.717) is 5.71 Å². The molecule has 0 aliphatic carbocycles. The predicted octanol–water partition coefficient (Wildman–Crippen LogP) is -0.654. The van der Waals surface area contributed by atoms with Gasteiger partial charge in [-0.2, -0.15) is 16.8 Å². The lowest BCUT2D eigenvalue weighted by Gasteiger charge is -2.10. The van der Waals surface area contributed by atoms with Crippen molar-refractivity contribution < 1.29 is 30.7 Å². The summed E-state index contributed by atoms with van der Waals surface area (Å²) in [5.41, 5.74) is 0.535. The average molecular weight is 383 g/mol. The smallest absolute Gasteiger partial charge is 0.269 e. The van der Waals surface area contributed by atoms with Crippen LogP contribution in [0.15, 0.2) is 29.0 Å². The van der Waals surface area contributed by atoms with Crippen molar-refractivity contribution in [2.24, 2.45) is 4.99 Å². The molecule has 10 nitrogen and oxygen atoms in total. The molecule has 0 fully saturated rings. The largest absolute Gasteiger partial charge is 0.383 e. The van der Waals surface area contributed by atoms with Crippen molar-refractivity contribution in [1.82, 2.24) is 10.6 Å². The van der Waals surface area contributed by atoms with Gasteiger partial charge < -0.3 is 10.6 Å². The minimum atomic E-state index is -4.17. The first-order valence-corrected chi connectivity index (χ1v) is 9.91. The zero-order valence-electron chi connectivity index (χ0n) is 13.3. The molecule has 0 saturated carbocycles. The molecule has 0 heterocycles. The Hall–Kier alpha value is -1.76. The van der Waals surface area contributed by atoms with Crippen molar-refractivity contribution in [1.29, 1.82) is 0 Å². The molecule has 0 aliphatic heterocycles. The number of rotatable bonds is 10. The van der Waals surface area contributed by atoms with E-state index in [0.717, 1.165) is 0 Å². The molecule has 0 unspecified atom stereocenters. The number of aliphatic imine (C=N–C) groups is 1. The minimum Gasteiger partial charge on any atom is -0.383 e. The van der Waals surface area contributed by atoms with E-state index in [1.165, 1.54) is 13.0 Å². The molecule has 12 heteroatoms. The van der Waals surface area contributed by atoms with Crippen molar-refractivity contribution in [3.63, 3.8) is 0 Å². The molecule has 0 bridgehead atoms. The Kier molecular flexibility index (Phi) is 8.82. The van der Waals surface area contributed by atoms with Gasteiger partial charge in [-0.05, 0) is 13.8 Å². The topological polar surface area (TPSA) is 162 Å². The Bertz CT molecular complexity index is 737. The van der Waals surface area contributed by atoms with Crippen molar-refractivity contribution in [3.8, 4) is 0 Å². The first-order valence-electron chi connectivity index (χ1n) is 6.69. The number of amides is 1. The second kappa shape index (κ2) is 9.52. The average Bonchev–Trinajstić information content (AvgIpc) is 2.41. The van der Waals surface area contributed by atoms with E-state index in [4.69, 9.17) is 9.11 Å². The van der Waals surface area contributed by atoms with Crippen LogP contribution in [-0.2, 0) is 25.0 Å². The summed E-state index contributed by atoms with van der Waals surface area (Å²) in [5.74, 6) is -1.78. The third-order valence-electron chi connectivity index (χ3n) is 2.57. The van der Waals surface area contributed by atoms with Crippen molar-refractivity contribution in [2.45, 2.75) is 13.8 Å². The van der Waals surface area contributed by atoms with Crippen LogP contribution in [0.4, 0.5) is 0 Å². The van der Waals surface area contributed by atoms with Gasteiger partial charge in [0, 0.05) is 18.8 Å². The summed E-state index contributed by atoms with van der Waals surface area (Å²) in [7, 11) is -8.27. The Morgan fingerprint density at radius 2 is 1.54 bits per heavy atom. The fourth-order valence-electron chi connectivity index (χ4n) is 1.34. The van der Waals surface area contributed by atoms with Crippen molar-refractivity contribution in [3.05, 3.63) is 24.0 Å². The van der Waals surface area contributed by atoms with Gasteiger partial charge in [-0.15, -0.1) is 0 Å². The van der Waals surface area contributed by atoms with Gasteiger partial charge in [0.1, 0.15) is 5.70 Å². The van der Waals surface area contributed by atoms with Crippen LogP contribution in [0.5, 0.6) is 0 Å². The summed E-state index contributed by atoms with van der Waals surface area (Å²) in [6.45, 7) is 6.33. The maximum absolute atomic E-state index is 11.8. The van der Waals surface area contributed by atoms with E-state index in [2.05, 4.69) is 22.2 Å². The third-order valence-corrected chi connectivity index (χ3v) is 4.02. The molecule has 0 aliphatic rings. The van der Waals surface area contributed by atoms with Crippen LogP contribution in [0.1, 0.15) is 13.8 Å². The lowest BCUT2D eigenvalue weighted by Crippen LogP contribution is -2.30. The van der Waals surface area contributed by atoms with E-state index >= 15 is 0 Å². The highest BCUT2D eigenvalue weighted by atomic mass is 32.2. The monoisotopic (exact) mass is 383 g/mol. The summed E-state index contributed by atoms with van der Waals surface area (Å²) in [6, 6.07) is 0. The first kappa shape index (κ1) is 22.2.